The quantitative estimate of drug-likeness (QED) is 0.859. The summed E-state index contributed by atoms with van der Waals surface area (Å²) >= 11 is 0. The highest BCUT2D eigenvalue weighted by molar-refractivity contribution is 5.21. The second kappa shape index (κ2) is 6.00. The van der Waals surface area contributed by atoms with Crippen LogP contribution in [0.5, 0.6) is 0 Å². The minimum absolute atomic E-state index is 0.378. The van der Waals surface area contributed by atoms with E-state index in [4.69, 9.17) is 0 Å². The van der Waals surface area contributed by atoms with Crippen molar-refractivity contribution < 1.29 is 5.11 Å². The van der Waals surface area contributed by atoms with Gasteiger partial charge in [-0.05, 0) is 25.0 Å². The topological polar surface area (TPSA) is 32.3 Å². The Bertz CT molecular complexity index is 493. The van der Waals surface area contributed by atoms with Gasteiger partial charge in [-0.1, -0.05) is 60.7 Å². The predicted molar refractivity (Wildman–Crippen MR) is 78.8 cm³/mol. The van der Waals surface area contributed by atoms with E-state index in [9.17, 15) is 5.11 Å². The zero-order valence-corrected chi connectivity index (χ0v) is 11.5. The Labute approximate surface area is 115 Å². The summed E-state index contributed by atoms with van der Waals surface area (Å²) in [7, 11) is 0. The lowest BCUT2D eigenvalue weighted by molar-refractivity contribution is 0.0791. The molecule has 2 heteroatoms. The Kier molecular flexibility index (Phi) is 4.35. The highest BCUT2D eigenvalue weighted by Crippen LogP contribution is 2.25. The lowest BCUT2D eigenvalue weighted by Crippen LogP contribution is -2.44. The SMILES string of the molecule is CC(C)(NCc1ccccc1)C(O)c1ccccc1. The molecule has 1 unspecified atom stereocenters. The molecule has 0 aliphatic heterocycles. The van der Waals surface area contributed by atoms with Crippen molar-refractivity contribution in [3.8, 4) is 0 Å². The zero-order valence-electron chi connectivity index (χ0n) is 11.5. The fraction of sp³-hybridized carbons (Fsp3) is 0.294. The molecule has 0 amide bonds. The molecule has 0 radical (unpaired) electrons. The Morgan fingerprint density at radius 1 is 0.947 bits per heavy atom. The molecular formula is C17H21NO. The van der Waals surface area contributed by atoms with E-state index < -0.39 is 6.10 Å². The average molecular weight is 255 g/mol. The van der Waals surface area contributed by atoms with E-state index in [1.165, 1.54) is 5.56 Å². The molecule has 2 aromatic rings. The van der Waals surface area contributed by atoms with Gasteiger partial charge in [0.25, 0.3) is 0 Å². The van der Waals surface area contributed by atoms with Crippen molar-refractivity contribution in [3.05, 3.63) is 71.8 Å². The molecule has 100 valence electrons. The molecule has 0 aliphatic carbocycles. The highest BCUT2D eigenvalue weighted by atomic mass is 16.3. The molecule has 2 rings (SSSR count). The summed E-state index contributed by atoms with van der Waals surface area (Å²) in [5.74, 6) is 0. The van der Waals surface area contributed by atoms with Crippen LogP contribution < -0.4 is 5.32 Å². The van der Waals surface area contributed by atoms with Crippen molar-refractivity contribution in [2.45, 2.75) is 32.0 Å². The number of hydrogen-bond acceptors (Lipinski definition) is 2. The molecule has 1 atom stereocenters. The van der Waals surface area contributed by atoms with Gasteiger partial charge >= 0.3 is 0 Å². The first-order valence-electron chi connectivity index (χ1n) is 6.61. The van der Waals surface area contributed by atoms with Crippen molar-refractivity contribution in [1.29, 1.82) is 0 Å². The number of aliphatic hydroxyl groups excluding tert-OH is 1. The number of benzene rings is 2. The van der Waals surface area contributed by atoms with Crippen LogP contribution in [-0.2, 0) is 6.54 Å². The maximum atomic E-state index is 10.5. The number of nitrogens with one attached hydrogen (secondary N) is 1. The first-order valence-corrected chi connectivity index (χ1v) is 6.61. The first kappa shape index (κ1) is 13.8. The van der Waals surface area contributed by atoms with Gasteiger partial charge in [-0.25, -0.2) is 0 Å². The fourth-order valence-corrected chi connectivity index (χ4v) is 2.07. The predicted octanol–water partition coefficient (Wildman–Crippen LogP) is 3.29. The van der Waals surface area contributed by atoms with Crippen molar-refractivity contribution in [2.24, 2.45) is 0 Å². The maximum absolute atomic E-state index is 10.5. The Hall–Kier alpha value is -1.64. The van der Waals surface area contributed by atoms with Crippen LogP contribution in [0.3, 0.4) is 0 Å². The monoisotopic (exact) mass is 255 g/mol. The summed E-state index contributed by atoms with van der Waals surface area (Å²) in [5, 5.41) is 13.9. The molecule has 2 aromatic carbocycles. The van der Waals surface area contributed by atoms with Crippen LogP contribution in [0.1, 0.15) is 31.1 Å². The van der Waals surface area contributed by atoms with Gasteiger partial charge in [-0.15, -0.1) is 0 Å². The second-order valence-electron chi connectivity index (χ2n) is 5.37. The van der Waals surface area contributed by atoms with Crippen LogP contribution in [0.4, 0.5) is 0 Å². The summed E-state index contributed by atoms with van der Waals surface area (Å²) in [6.07, 6.45) is -0.530. The summed E-state index contributed by atoms with van der Waals surface area (Å²) in [6, 6.07) is 20.0. The van der Waals surface area contributed by atoms with Gasteiger partial charge in [0, 0.05) is 12.1 Å². The lowest BCUT2D eigenvalue weighted by Gasteiger charge is -2.32. The average Bonchev–Trinajstić information content (AvgIpc) is 2.46. The molecule has 19 heavy (non-hydrogen) atoms. The van der Waals surface area contributed by atoms with Gasteiger partial charge in [0.15, 0.2) is 0 Å². The third-order valence-electron chi connectivity index (χ3n) is 3.39. The minimum Gasteiger partial charge on any atom is -0.387 e. The molecule has 0 heterocycles. The summed E-state index contributed by atoms with van der Waals surface area (Å²) in [5.41, 5.74) is 1.78. The standard InChI is InChI=1S/C17H21NO/c1-17(2,16(19)15-11-7-4-8-12-15)18-13-14-9-5-3-6-10-14/h3-12,16,18-19H,13H2,1-2H3. The van der Waals surface area contributed by atoms with Gasteiger partial charge in [-0.2, -0.15) is 0 Å². The zero-order chi connectivity index (χ0) is 13.7. The molecule has 0 saturated heterocycles. The molecule has 0 spiro atoms. The number of aliphatic hydroxyl groups is 1. The molecule has 0 aliphatic rings. The molecule has 0 fully saturated rings. The summed E-state index contributed by atoms with van der Waals surface area (Å²) < 4.78 is 0. The van der Waals surface area contributed by atoms with Crippen LogP contribution in [0.2, 0.25) is 0 Å². The summed E-state index contributed by atoms with van der Waals surface area (Å²) in [4.78, 5) is 0. The van der Waals surface area contributed by atoms with Crippen LogP contribution >= 0.6 is 0 Å². The first-order chi connectivity index (χ1) is 9.09. The lowest BCUT2D eigenvalue weighted by atomic mass is 9.91. The largest absolute Gasteiger partial charge is 0.387 e. The molecule has 0 saturated carbocycles. The van der Waals surface area contributed by atoms with Gasteiger partial charge < -0.3 is 10.4 Å². The third-order valence-corrected chi connectivity index (χ3v) is 3.39. The Morgan fingerprint density at radius 3 is 2.05 bits per heavy atom. The van der Waals surface area contributed by atoms with E-state index >= 15 is 0 Å². The van der Waals surface area contributed by atoms with E-state index in [-0.39, 0.29) is 5.54 Å². The van der Waals surface area contributed by atoms with Crippen LogP contribution in [0.25, 0.3) is 0 Å². The molecule has 0 bridgehead atoms. The molecule has 0 aromatic heterocycles. The molecule has 2 N–H and O–H groups in total. The second-order valence-corrected chi connectivity index (χ2v) is 5.37. The Morgan fingerprint density at radius 2 is 1.47 bits per heavy atom. The van der Waals surface area contributed by atoms with Crippen molar-refractivity contribution in [1.82, 2.24) is 5.32 Å². The fourth-order valence-electron chi connectivity index (χ4n) is 2.07. The van der Waals surface area contributed by atoms with Crippen LogP contribution in [0, 0.1) is 0 Å². The molecular weight excluding hydrogens is 234 g/mol. The van der Waals surface area contributed by atoms with E-state index in [1.54, 1.807) is 0 Å². The van der Waals surface area contributed by atoms with Crippen molar-refractivity contribution in [3.63, 3.8) is 0 Å². The summed E-state index contributed by atoms with van der Waals surface area (Å²) in [6.45, 7) is 4.79. The van der Waals surface area contributed by atoms with Crippen LogP contribution in [-0.4, -0.2) is 10.6 Å². The van der Waals surface area contributed by atoms with E-state index in [1.807, 2.05) is 62.4 Å². The van der Waals surface area contributed by atoms with Crippen molar-refractivity contribution in [2.75, 3.05) is 0 Å². The van der Waals surface area contributed by atoms with E-state index in [2.05, 4.69) is 17.4 Å². The van der Waals surface area contributed by atoms with Gasteiger partial charge in [-0.3, -0.25) is 0 Å². The van der Waals surface area contributed by atoms with E-state index in [0.29, 0.717) is 0 Å². The van der Waals surface area contributed by atoms with E-state index in [0.717, 1.165) is 12.1 Å². The van der Waals surface area contributed by atoms with Gasteiger partial charge in [0.05, 0.1) is 6.10 Å². The van der Waals surface area contributed by atoms with Crippen LogP contribution in [0.15, 0.2) is 60.7 Å². The van der Waals surface area contributed by atoms with Gasteiger partial charge in [0.1, 0.15) is 0 Å². The maximum Gasteiger partial charge on any atom is 0.0966 e. The number of rotatable bonds is 5. The normalized spacial score (nSPS) is 13.2. The smallest absolute Gasteiger partial charge is 0.0966 e. The Balaban J connectivity index is 2.02. The number of hydrogen-bond donors (Lipinski definition) is 2. The highest BCUT2D eigenvalue weighted by Gasteiger charge is 2.28. The van der Waals surface area contributed by atoms with Crippen molar-refractivity contribution >= 4 is 0 Å². The minimum atomic E-state index is -0.530. The third kappa shape index (κ3) is 3.66. The van der Waals surface area contributed by atoms with Gasteiger partial charge in [0.2, 0.25) is 0 Å². The molecule has 2 nitrogen and oxygen atoms in total.